The molecule has 0 aliphatic carbocycles. The third-order valence-electron chi connectivity index (χ3n) is 4.81. The van der Waals surface area contributed by atoms with Crippen LogP contribution in [0, 0.1) is 6.92 Å². The summed E-state index contributed by atoms with van der Waals surface area (Å²) < 4.78 is 6.01. The third-order valence-corrected chi connectivity index (χ3v) is 5.64. The molecule has 1 fully saturated rings. The molecule has 2 aromatic rings. The smallest absolute Gasteiger partial charge is 0.251 e. The van der Waals surface area contributed by atoms with Crippen LogP contribution in [0.5, 0.6) is 5.88 Å². The highest BCUT2D eigenvalue weighted by Crippen LogP contribution is 2.24. The summed E-state index contributed by atoms with van der Waals surface area (Å²) in [7, 11) is 0. The number of carbonyl (C=O) groups is 2. The normalized spacial score (nSPS) is 16.7. The number of aryl methyl sites for hydroxylation is 1. The van der Waals surface area contributed by atoms with Crippen LogP contribution >= 0.6 is 11.3 Å². The number of hydrogen-bond acceptors (Lipinski definition) is 6. The standard InChI is InChI=1S/C19H24N4O3S/c1-12-4-3-8-21-18(12)26-14-5-9-23(10-6-14)13(2)17(25)22-19-15(16(20)24)7-11-27-19/h3-4,7-8,11,13-14H,5-6,9-10H2,1-2H3,(H2,20,24)(H,22,25). The van der Waals surface area contributed by atoms with Crippen molar-refractivity contribution in [3.8, 4) is 5.88 Å². The highest BCUT2D eigenvalue weighted by Gasteiger charge is 2.28. The van der Waals surface area contributed by atoms with Crippen LogP contribution in [0.3, 0.4) is 0 Å². The van der Waals surface area contributed by atoms with Gasteiger partial charge in [0, 0.05) is 24.8 Å². The summed E-state index contributed by atoms with van der Waals surface area (Å²) >= 11 is 1.29. The molecule has 2 aromatic heterocycles. The maximum Gasteiger partial charge on any atom is 0.251 e. The van der Waals surface area contributed by atoms with Gasteiger partial charge in [-0.15, -0.1) is 11.3 Å². The van der Waals surface area contributed by atoms with Gasteiger partial charge in [0.1, 0.15) is 11.1 Å². The van der Waals surface area contributed by atoms with Crippen LogP contribution < -0.4 is 15.8 Å². The summed E-state index contributed by atoms with van der Waals surface area (Å²) in [4.78, 5) is 30.4. The van der Waals surface area contributed by atoms with E-state index in [1.54, 1.807) is 17.6 Å². The lowest BCUT2D eigenvalue weighted by molar-refractivity contribution is -0.121. The van der Waals surface area contributed by atoms with Gasteiger partial charge in [-0.3, -0.25) is 14.5 Å². The van der Waals surface area contributed by atoms with Gasteiger partial charge < -0.3 is 15.8 Å². The summed E-state index contributed by atoms with van der Waals surface area (Å²) in [5.74, 6) is 0.000267. The van der Waals surface area contributed by atoms with E-state index in [4.69, 9.17) is 10.5 Å². The van der Waals surface area contributed by atoms with Crippen LogP contribution in [0.15, 0.2) is 29.8 Å². The summed E-state index contributed by atoms with van der Waals surface area (Å²) in [6.07, 6.45) is 3.50. The molecule has 1 aliphatic rings. The number of rotatable bonds is 6. The van der Waals surface area contributed by atoms with Gasteiger partial charge in [0.05, 0.1) is 11.6 Å². The zero-order valence-corrected chi connectivity index (χ0v) is 16.3. The number of carbonyl (C=O) groups excluding carboxylic acids is 2. The number of nitrogens with zero attached hydrogens (tertiary/aromatic N) is 2. The summed E-state index contributed by atoms with van der Waals surface area (Å²) in [5.41, 5.74) is 6.70. The van der Waals surface area contributed by atoms with Crippen molar-refractivity contribution < 1.29 is 14.3 Å². The number of amides is 2. The van der Waals surface area contributed by atoms with Crippen LogP contribution in [0.25, 0.3) is 0 Å². The number of piperidine rings is 1. The molecule has 1 atom stereocenters. The lowest BCUT2D eigenvalue weighted by atomic mass is 10.1. The SMILES string of the molecule is Cc1cccnc1OC1CCN(C(C)C(=O)Nc2sccc2C(N)=O)CC1. The number of likely N-dealkylation sites (tertiary alicyclic amines) is 1. The van der Waals surface area contributed by atoms with Crippen LogP contribution in [-0.4, -0.2) is 46.9 Å². The number of hydrogen-bond donors (Lipinski definition) is 2. The molecule has 1 aliphatic heterocycles. The molecule has 144 valence electrons. The van der Waals surface area contributed by atoms with Crippen molar-refractivity contribution in [2.75, 3.05) is 18.4 Å². The van der Waals surface area contributed by atoms with Crippen LogP contribution in [0.1, 0.15) is 35.7 Å². The Morgan fingerprint density at radius 1 is 1.37 bits per heavy atom. The van der Waals surface area contributed by atoms with Gasteiger partial charge in [0.15, 0.2) is 0 Å². The Bertz CT molecular complexity index is 815. The first kappa shape index (κ1) is 19.3. The molecule has 0 aromatic carbocycles. The highest BCUT2D eigenvalue weighted by atomic mass is 32.1. The Morgan fingerprint density at radius 2 is 2.11 bits per heavy atom. The number of primary amides is 1. The number of anilines is 1. The summed E-state index contributed by atoms with van der Waals surface area (Å²) in [6, 6.07) is 5.19. The first-order valence-corrected chi connectivity index (χ1v) is 9.84. The first-order valence-electron chi connectivity index (χ1n) is 8.96. The van der Waals surface area contributed by atoms with E-state index in [0.717, 1.165) is 31.5 Å². The molecule has 1 unspecified atom stereocenters. The van der Waals surface area contributed by atoms with Gasteiger partial charge in [-0.25, -0.2) is 4.98 Å². The van der Waals surface area contributed by atoms with Gasteiger partial charge in [-0.1, -0.05) is 6.07 Å². The molecule has 3 rings (SSSR count). The zero-order valence-electron chi connectivity index (χ0n) is 15.5. The molecule has 1 saturated heterocycles. The van der Waals surface area contributed by atoms with E-state index in [9.17, 15) is 9.59 Å². The fourth-order valence-electron chi connectivity index (χ4n) is 3.12. The van der Waals surface area contributed by atoms with Crippen molar-refractivity contribution in [1.29, 1.82) is 0 Å². The molecule has 3 heterocycles. The number of ether oxygens (including phenoxy) is 1. The van der Waals surface area contributed by atoms with Crippen molar-refractivity contribution >= 4 is 28.2 Å². The van der Waals surface area contributed by atoms with E-state index in [1.807, 2.05) is 26.0 Å². The maximum atomic E-state index is 12.6. The zero-order chi connectivity index (χ0) is 19.4. The van der Waals surface area contributed by atoms with Crippen LogP contribution in [0.2, 0.25) is 0 Å². The minimum absolute atomic E-state index is 0.101. The number of nitrogens with two attached hydrogens (primary N) is 1. The van der Waals surface area contributed by atoms with E-state index in [-0.39, 0.29) is 18.1 Å². The van der Waals surface area contributed by atoms with Crippen molar-refractivity contribution in [3.05, 3.63) is 40.9 Å². The average Bonchev–Trinajstić information content (AvgIpc) is 3.12. The number of pyridine rings is 1. The predicted molar refractivity (Wildman–Crippen MR) is 105 cm³/mol. The van der Waals surface area contributed by atoms with Crippen molar-refractivity contribution in [3.63, 3.8) is 0 Å². The van der Waals surface area contributed by atoms with E-state index in [1.165, 1.54) is 11.3 Å². The quantitative estimate of drug-likeness (QED) is 0.792. The minimum atomic E-state index is -0.540. The Labute approximate surface area is 162 Å². The van der Waals surface area contributed by atoms with Crippen molar-refractivity contribution in [2.45, 2.75) is 38.8 Å². The Balaban J connectivity index is 1.52. The number of thiophene rings is 1. The number of nitrogens with one attached hydrogen (secondary N) is 1. The van der Waals surface area contributed by atoms with Gasteiger partial charge in [0.25, 0.3) is 5.91 Å². The van der Waals surface area contributed by atoms with E-state index >= 15 is 0 Å². The van der Waals surface area contributed by atoms with Gasteiger partial charge in [0.2, 0.25) is 11.8 Å². The van der Waals surface area contributed by atoms with Crippen molar-refractivity contribution in [2.24, 2.45) is 5.73 Å². The average molecular weight is 388 g/mol. The van der Waals surface area contributed by atoms with Crippen LogP contribution in [0.4, 0.5) is 5.00 Å². The lowest BCUT2D eigenvalue weighted by Gasteiger charge is -2.35. The van der Waals surface area contributed by atoms with Gasteiger partial charge in [-0.05, 0) is 44.2 Å². The second-order valence-electron chi connectivity index (χ2n) is 6.67. The highest BCUT2D eigenvalue weighted by molar-refractivity contribution is 7.14. The van der Waals surface area contributed by atoms with Gasteiger partial charge in [-0.2, -0.15) is 0 Å². The Morgan fingerprint density at radius 3 is 2.78 bits per heavy atom. The summed E-state index contributed by atoms with van der Waals surface area (Å²) in [5, 5.41) is 5.07. The number of aromatic nitrogens is 1. The molecule has 7 nitrogen and oxygen atoms in total. The first-order chi connectivity index (χ1) is 13.0. The fourth-order valence-corrected chi connectivity index (χ4v) is 3.91. The molecule has 27 heavy (non-hydrogen) atoms. The van der Waals surface area contributed by atoms with Gasteiger partial charge >= 0.3 is 0 Å². The minimum Gasteiger partial charge on any atom is -0.474 e. The second kappa shape index (κ2) is 8.49. The maximum absolute atomic E-state index is 12.6. The molecular weight excluding hydrogens is 364 g/mol. The van der Waals surface area contributed by atoms with E-state index in [0.29, 0.717) is 16.4 Å². The molecule has 8 heteroatoms. The molecule has 0 spiro atoms. The topological polar surface area (TPSA) is 97.6 Å². The molecule has 0 radical (unpaired) electrons. The molecule has 0 bridgehead atoms. The molecule has 2 amide bonds. The Hall–Kier alpha value is -2.45. The molecular formula is C19H24N4O3S. The summed E-state index contributed by atoms with van der Waals surface area (Å²) in [6.45, 7) is 5.38. The van der Waals surface area contributed by atoms with Crippen molar-refractivity contribution in [1.82, 2.24) is 9.88 Å². The third kappa shape index (κ3) is 4.64. The largest absolute Gasteiger partial charge is 0.474 e. The van der Waals surface area contributed by atoms with E-state index in [2.05, 4.69) is 15.2 Å². The van der Waals surface area contributed by atoms with Crippen LogP contribution in [-0.2, 0) is 4.79 Å². The molecule has 0 saturated carbocycles. The fraction of sp³-hybridized carbons (Fsp3) is 0.421. The predicted octanol–water partition coefficient (Wildman–Crippen LogP) is 2.42. The monoisotopic (exact) mass is 388 g/mol. The second-order valence-corrected chi connectivity index (χ2v) is 7.59. The lowest BCUT2D eigenvalue weighted by Crippen LogP contribution is -2.48. The molecule has 3 N–H and O–H groups in total. The van der Waals surface area contributed by atoms with E-state index < -0.39 is 5.91 Å². The Kier molecular flexibility index (Phi) is 6.08.